The summed E-state index contributed by atoms with van der Waals surface area (Å²) in [4.78, 5) is 8.68. The number of piperidine rings is 1. The highest BCUT2D eigenvalue weighted by molar-refractivity contribution is 7.89. The van der Waals surface area contributed by atoms with Gasteiger partial charge in [-0.1, -0.05) is 6.92 Å². The van der Waals surface area contributed by atoms with E-state index < -0.39 is 10.0 Å². The third-order valence-corrected chi connectivity index (χ3v) is 4.91. The summed E-state index contributed by atoms with van der Waals surface area (Å²) < 4.78 is 26.7. The summed E-state index contributed by atoms with van der Waals surface area (Å²) in [5, 5.41) is 0.117. The van der Waals surface area contributed by atoms with E-state index >= 15 is 0 Å². The molecule has 19 heavy (non-hydrogen) atoms. The van der Waals surface area contributed by atoms with E-state index in [1.54, 1.807) is 0 Å². The molecule has 1 aromatic rings. The van der Waals surface area contributed by atoms with Gasteiger partial charge < -0.3 is 9.88 Å². The zero-order valence-electron chi connectivity index (χ0n) is 11.5. The number of hydrogen-bond acceptors (Lipinski definition) is 4. The van der Waals surface area contributed by atoms with Gasteiger partial charge in [-0.05, 0) is 32.2 Å². The number of likely N-dealkylation sites (tertiary alicyclic amines) is 1. The van der Waals surface area contributed by atoms with E-state index in [2.05, 4.69) is 26.5 Å². The molecule has 1 aliphatic rings. The minimum atomic E-state index is -3.48. The molecule has 0 aliphatic carbocycles. The normalized spacial score (nSPS) is 23.4. The van der Waals surface area contributed by atoms with Gasteiger partial charge in [0.2, 0.25) is 0 Å². The zero-order chi connectivity index (χ0) is 13.9. The maximum Gasteiger partial charge on any atom is 0.257 e. The monoisotopic (exact) mass is 286 g/mol. The van der Waals surface area contributed by atoms with Crippen molar-refractivity contribution in [1.82, 2.24) is 19.6 Å². The van der Waals surface area contributed by atoms with E-state index in [-0.39, 0.29) is 11.1 Å². The molecule has 0 spiro atoms. The van der Waals surface area contributed by atoms with Crippen LogP contribution in [-0.4, -0.2) is 49.0 Å². The summed E-state index contributed by atoms with van der Waals surface area (Å²) in [5.41, 5.74) is 0. The van der Waals surface area contributed by atoms with E-state index in [1.807, 2.05) is 6.92 Å². The van der Waals surface area contributed by atoms with Crippen LogP contribution in [0.15, 0.2) is 17.6 Å². The van der Waals surface area contributed by atoms with Crippen LogP contribution in [-0.2, 0) is 10.0 Å². The molecule has 0 aromatic carbocycles. The van der Waals surface area contributed by atoms with Gasteiger partial charge in [-0.15, -0.1) is 0 Å². The number of rotatable bonds is 5. The van der Waals surface area contributed by atoms with E-state index in [0.717, 1.165) is 19.6 Å². The van der Waals surface area contributed by atoms with Crippen LogP contribution in [0, 0.1) is 5.92 Å². The van der Waals surface area contributed by atoms with Crippen molar-refractivity contribution in [3.8, 4) is 0 Å². The minimum absolute atomic E-state index is 0.112. The smallest absolute Gasteiger partial charge is 0.257 e. The number of aromatic nitrogens is 2. The molecule has 2 N–H and O–H groups in total. The van der Waals surface area contributed by atoms with E-state index in [0.29, 0.717) is 5.92 Å². The van der Waals surface area contributed by atoms with Crippen molar-refractivity contribution >= 4 is 10.0 Å². The van der Waals surface area contributed by atoms with Crippen molar-refractivity contribution in [3.63, 3.8) is 0 Å². The fourth-order valence-corrected chi connectivity index (χ4v) is 3.73. The number of nitrogens with zero attached hydrogens (tertiary/aromatic N) is 2. The number of hydrogen-bond donors (Lipinski definition) is 2. The van der Waals surface area contributed by atoms with Crippen LogP contribution in [0.25, 0.3) is 0 Å². The van der Waals surface area contributed by atoms with Gasteiger partial charge >= 0.3 is 0 Å². The van der Waals surface area contributed by atoms with Crippen molar-refractivity contribution in [3.05, 3.63) is 12.5 Å². The van der Waals surface area contributed by atoms with Crippen molar-refractivity contribution in [2.75, 3.05) is 19.6 Å². The van der Waals surface area contributed by atoms with Crippen molar-refractivity contribution in [2.24, 2.45) is 5.92 Å². The first kappa shape index (κ1) is 14.5. The van der Waals surface area contributed by atoms with Crippen LogP contribution in [0.3, 0.4) is 0 Å². The molecule has 1 aromatic heterocycles. The largest absolute Gasteiger partial charge is 0.335 e. The molecule has 0 amide bonds. The van der Waals surface area contributed by atoms with Gasteiger partial charge in [0, 0.05) is 19.1 Å². The fraction of sp³-hybridized carbons (Fsp3) is 0.750. The van der Waals surface area contributed by atoms with Crippen LogP contribution in [0.1, 0.15) is 26.7 Å². The topological polar surface area (TPSA) is 78.1 Å². The molecule has 0 radical (unpaired) electrons. The highest BCUT2D eigenvalue weighted by Gasteiger charge is 2.22. The first-order valence-electron chi connectivity index (χ1n) is 6.70. The second kappa shape index (κ2) is 6.02. The Morgan fingerprint density at radius 2 is 2.42 bits per heavy atom. The number of aromatic amines is 1. The summed E-state index contributed by atoms with van der Waals surface area (Å²) in [6.07, 6.45) is 5.15. The number of H-pyrrole nitrogens is 1. The molecular weight excluding hydrogens is 264 g/mol. The highest BCUT2D eigenvalue weighted by Crippen LogP contribution is 2.15. The minimum Gasteiger partial charge on any atom is -0.335 e. The number of nitrogens with one attached hydrogen (secondary N) is 2. The molecule has 0 unspecified atom stereocenters. The van der Waals surface area contributed by atoms with Crippen molar-refractivity contribution in [1.29, 1.82) is 0 Å². The molecular formula is C12H22N4O2S. The third kappa shape index (κ3) is 4.02. The van der Waals surface area contributed by atoms with Gasteiger partial charge in [0.05, 0.1) is 12.5 Å². The van der Waals surface area contributed by atoms with Gasteiger partial charge in [0.1, 0.15) is 0 Å². The standard InChI is InChI=1S/C12H22N4O2S/c1-10-4-3-5-16(7-10)8-11(2)15-19(17,18)12-6-13-9-14-12/h6,9-11,15H,3-5,7-8H2,1-2H3,(H,13,14)/t10-,11-/m1/s1. The lowest BCUT2D eigenvalue weighted by molar-refractivity contribution is 0.174. The Bertz CT molecular complexity index is 486. The van der Waals surface area contributed by atoms with Crippen molar-refractivity contribution in [2.45, 2.75) is 37.8 Å². The lowest BCUT2D eigenvalue weighted by Crippen LogP contribution is -2.45. The van der Waals surface area contributed by atoms with Gasteiger partial charge in [0.15, 0.2) is 5.03 Å². The molecule has 2 atom stereocenters. The van der Waals surface area contributed by atoms with Gasteiger partial charge in [-0.3, -0.25) is 0 Å². The molecule has 1 aliphatic heterocycles. The molecule has 1 saturated heterocycles. The molecule has 1 fully saturated rings. The summed E-state index contributed by atoms with van der Waals surface area (Å²) in [6, 6.07) is -0.112. The van der Waals surface area contributed by atoms with Crippen LogP contribution in [0.2, 0.25) is 0 Å². The predicted molar refractivity (Wildman–Crippen MR) is 73.2 cm³/mol. The third-order valence-electron chi connectivity index (χ3n) is 3.39. The second-order valence-electron chi connectivity index (χ2n) is 5.45. The average molecular weight is 286 g/mol. The Morgan fingerprint density at radius 1 is 1.63 bits per heavy atom. The lowest BCUT2D eigenvalue weighted by atomic mass is 10.00. The van der Waals surface area contributed by atoms with E-state index in [1.165, 1.54) is 25.4 Å². The van der Waals surface area contributed by atoms with Crippen LogP contribution in [0.5, 0.6) is 0 Å². The first-order chi connectivity index (χ1) is 8.97. The SMILES string of the molecule is C[C@@H]1CCCN(C[C@@H](C)NS(=O)(=O)c2cnc[nH]2)C1. The fourth-order valence-electron chi connectivity index (χ4n) is 2.60. The Labute approximate surface area is 114 Å². The summed E-state index contributed by atoms with van der Waals surface area (Å²) >= 11 is 0. The molecule has 6 nitrogen and oxygen atoms in total. The van der Waals surface area contributed by atoms with Gasteiger partial charge in [-0.2, -0.15) is 0 Å². The van der Waals surface area contributed by atoms with Crippen LogP contribution < -0.4 is 4.72 Å². The summed E-state index contributed by atoms with van der Waals surface area (Å²) in [5.74, 6) is 0.699. The summed E-state index contributed by atoms with van der Waals surface area (Å²) in [7, 11) is -3.48. The number of sulfonamides is 1. The Morgan fingerprint density at radius 3 is 3.05 bits per heavy atom. The van der Waals surface area contributed by atoms with E-state index in [4.69, 9.17) is 0 Å². The molecule has 0 saturated carbocycles. The van der Waals surface area contributed by atoms with Gasteiger partial charge in [0.25, 0.3) is 10.0 Å². The quantitative estimate of drug-likeness (QED) is 0.839. The van der Waals surface area contributed by atoms with Gasteiger partial charge in [-0.25, -0.2) is 18.1 Å². The van der Waals surface area contributed by atoms with Crippen LogP contribution >= 0.6 is 0 Å². The van der Waals surface area contributed by atoms with E-state index in [9.17, 15) is 8.42 Å². The highest BCUT2D eigenvalue weighted by atomic mass is 32.2. The first-order valence-corrected chi connectivity index (χ1v) is 8.19. The average Bonchev–Trinajstić information content (AvgIpc) is 2.81. The Kier molecular flexibility index (Phi) is 4.59. The molecule has 2 heterocycles. The maximum atomic E-state index is 12.0. The Hall–Kier alpha value is -0.920. The maximum absolute atomic E-state index is 12.0. The van der Waals surface area contributed by atoms with Crippen LogP contribution in [0.4, 0.5) is 0 Å². The predicted octanol–water partition coefficient (Wildman–Crippen LogP) is 0.808. The molecule has 0 bridgehead atoms. The number of imidazole rings is 1. The molecule has 2 rings (SSSR count). The van der Waals surface area contributed by atoms with Crippen molar-refractivity contribution < 1.29 is 8.42 Å². The molecule has 108 valence electrons. The summed E-state index contributed by atoms with van der Waals surface area (Å²) in [6.45, 7) is 6.99. The second-order valence-corrected chi connectivity index (χ2v) is 7.13. The molecule has 7 heteroatoms. The lowest BCUT2D eigenvalue weighted by Gasteiger charge is -2.32. The Balaban J connectivity index is 1.89. The zero-order valence-corrected chi connectivity index (χ0v) is 12.3.